The van der Waals surface area contributed by atoms with Crippen LogP contribution in [0.5, 0.6) is 0 Å². The van der Waals surface area contributed by atoms with Crippen LogP contribution in [0.4, 0.5) is 0 Å². The highest BCUT2D eigenvalue weighted by atomic mass is 16.6. The number of amides is 3. The quantitative estimate of drug-likeness (QED) is 0.291. The first-order valence-electron chi connectivity index (χ1n) is 12.1. The molecule has 3 rings (SSSR count). The van der Waals surface area contributed by atoms with Crippen molar-refractivity contribution in [2.45, 2.75) is 50.9 Å². The predicted molar refractivity (Wildman–Crippen MR) is 134 cm³/mol. The van der Waals surface area contributed by atoms with Crippen molar-refractivity contribution in [3.8, 4) is 0 Å². The summed E-state index contributed by atoms with van der Waals surface area (Å²) in [6, 6.07) is 5.86. The minimum Gasteiger partial charge on any atom is -0.382 e. The van der Waals surface area contributed by atoms with E-state index in [1.54, 1.807) is 13.8 Å². The summed E-state index contributed by atoms with van der Waals surface area (Å²) in [6.45, 7) is 5.17. The number of methoxy groups -OCH3 is 2. The van der Waals surface area contributed by atoms with Crippen molar-refractivity contribution in [1.29, 1.82) is 0 Å². The van der Waals surface area contributed by atoms with Crippen molar-refractivity contribution in [2.75, 3.05) is 34.0 Å². The molecule has 12 heteroatoms. The molecule has 4 atom stereocenters. The van der Waals surface area contributed by atoms with E-state index in [2.05, 4.69) is 21.1 Å². The van der Waals surface area contributed by atoms with Crippen LogP contribution in [-0.2, 0) is 35.0 Å². The van der Waals surface area contributed by atoms with Crippen molar-refractivity contribution in [1.82, 2.24) is 21.1 Å². The van der Waals surface area contributed by atoms with E-state index in [0.29, 0.717) is 5.76 Å². The molecule has 1 fully saturated rings. The van der Waals surface area contributed by atoms with Crippen LogP contribution in [0, 0.1) is 13.8 Å². The molecule has 2 heterocycles. The van der Waals surface area contributed by atoms with Crippen LogP contribution < -0.4 is 16.0 Å². The molecule has 0 aliphatic carbocycles. The van der Waals surface area contributed by atoms with Gasteiger partial charge in [0.25, 0.3) is 5.91 Å². The van der Waals surface area contributed by atoms with Crippen LogP contribution in [-0.4, -0.2) is 86.4 Å². The highest BCUT2D eigenvalue weighted by Crippen LogP contribution is 2.29. The topological polar surface area (TPSA) is 161 Å². The van der Waals surface area contributed by atoms with E-state index in [0.717, 1.165) is 11.1 Å². The minimum absolute atomic E-state index is 0.00381. The average molecular weight is 531 g/mol. The third-order valence-electron chi connectivity index (χ3n) is 6.04. The Hall–Kier alpha value is -3.61. The maximum absolute atomic E-state index is 13.3. The van der Waals surface area contributed by atoms with Crippen molar-refractivity contribution < 1.29 is 37.9 Å². The summed E-state index contributed by atoms with van der Waals surface area (Å²) in [5.74, 6) is -1.78. The number of aryl methyl sites for hydroxylation is 2. The molecule has 12 nitrogen and oxygen atoms in total. The molecule has 1 aromatic heterocycles. The number of rotatable bonds is 14. The lowest BCUT2D eigenvalue weighted by molar-refractivity contribution is -0.134. The lowest BCUT2D eigenvalue weighted by atomic mass is 9.94. The number of hydrogen-bond acceptors (Lipinski definition) is 9. The zero-order valence-electron chi connectivity index (χ0n) is 22.2. The van der Waals surface area contributed by atoms with E-state index < -0.39 is 41.4 Å². The second-order valence-electron chi connectivity index (χ2n) is 9.46. The third-order valence-corrected chi connectivity index (χ3v) is 6.04. The van der Waals surface area contributed by atoms with Gasteiger partial charge in [0.2, 0.25) is 11.8 Å². The number of ether oxygens (including phenoxy) is 3. The first-order valence-corrected chi connectivity index (χ1v) is 12.1. The van der Waals surface area contributed by atoms with Gasteiger partial charge in [-0.25, -0.2) is 0 Å². The summed E-state index contributed by atoms with van der Waals surface area (Å²) in [4.78, 5) is 52.0. The van der Waals surface area contributed by atoms with Crippen LogP contribution in [0.1, 0.15) is 34.3 Å². The van der Waals surface area contributed by atoms with Gasteiger partial charge in [-0.1, -0.05) is 35.0 Å². The Balaban J connectivity index is 1.72. The molecule has 2 aromatic rings. The molecule has 0 saturated carbocycles. The van der Waals surface area contributed by atoms with Crippen LogP contribution in [0.2, 0.25) is 0 Å². The van der Waals surface area contributed by atoms with Gasteiger partial charge in [-0.15, -0.1) is 0 Å². The smallest absolute Gasteiger partial charge is 0.274 e. The van der Waals surface area contributed by atoms with Crippen molar-refractivity contribution in [3.63, 3.8) is 0 Å². The summed E-state index contributed by atoms with van der Waals surface area (Å²) < 4.78 is 20.5. The number of epoxide rings is 1. The summed E-state index contributed by atoms with van der Waals surface area (Å²) in [5, 5.41) is 11.5. The summed E-state index contributed by atoms with van der Waals surface area (Å²) in [6.07, 6.45) is 0.248. The van der Waals surface area contributed by atoms with Crippen LogP contribution >= 0.6 is 0 Å². The highest BCUT2D eigenvalue weighted by molar-refractivity contribution is 5.99. The zero-order valence-corrected chi connectivity index (χ0v) is 22.2. The van der Waals surface area contributed by atoms with Crippen molar-refractivity contribution in [3.05, 3.63) is 52.9 Å². The standard InChI is InChI=1S/C26H34N4O8/c1-15-7-6-8-17(9-15)11-18(22(31)26(3)14-37-26)27-24(33)20(12-35-4)29-25(34)21(13-36-5)28-23(32)19-10-16(2)38-30-19/h6-10,18,20-21H,11-14H2,1-5H3,(H,27,33)(H,28,32)(H,29,34). The number of hydrogen-bond donors (Lipinski definition) is 3. The molecule has 3 amide bonds. The molecule has 4 unspecified atom stereocenters. The SMILES string of the molecule is COCC(NC(=O)c1cc(C)on1)C(=O)NC(COC)C(=O)NC(Cc1cccc(C)c1)C(=O)C1(C)CO1. The summed E-state index contributed by atoms with van der Waals surface area (Å²) in [5.41, 5.74) is 0.919. The molecule has 0 bridgehead atoms. The molecular weight excluding hydrogens is 496 g/mol. The van der Waals surface area contributed by atoms with Gasteiger partial charge in [0, 0.05) is 20.3 Å². The van der Waals surface area contributed by atoms with Gasteiger partial charge in [-0.2, -0.15) is 0 Å². The molecule has 38 heavy (non-hydrogen) atoms. The van der Waals surface area contributed by atoms with Crippen LogP contribution in [0.25, 0.3) is 0 Å². The van der Waals surface area contributed by atoms with E-state index in [1.165, 1.54) is 20.3 Å². The Bertz CT molecular complexity index is 1160. The largest absolute Gasteiger partial charge is 0.382 e. The fourth-order valence-electron chi connectivity index (χ4n) is 3.85. The number of nitrogens with zero attached hydrogens (tertiary/aromatic N) is 1. The second-order valence-corrected chi connectivity index (χ2v) is 9.46. The number of carbonyl (C=O) groups excluding carboxylic acids is 4. The molecule has 1 aliphatic rings. The molecule has 3 N–H and O–H groups in total. The zero-order chi connectivity index (χ0) is 27.9. The van der Waals surface area contributed by atoms with Crippen molar-refractivity contribution in [2.24, 2.45) is 0 Å². The number of ketones is 1. The molecule has 206 valence electrons. The van der Waals surface area contributed by atoms with E-state index in [1.807, 2.05) is 31.2 Å². The van der Waals surface area contributed by atoms with Gasteiger partial charge in [0.15, 0.2) is 11.5 Å². The van der Waals surface area contributed by atoms with E-state index in [-0.39, 0.29) is 37.7 Å². The minimum atomic E-state index is -1.15. The van der Waals surface area contributed by atoms with Gasteiger partial charge >= 0.3 is 0 Å². The first kappa shape index (κ1) is 29.0. The van der Waals surface area contributed by atoms with Gasteiger partial charge in [-0.05, 0) is 32.8 Å². The Labute approximate surface area is 220 Å². The number of carbonyl (C=O) groups is 4. The Morgan fingerprint density at radius 2 is 1.58 bits per heavy atom. The maximum Gasteiger partial charge on any atom is 0.274 e. The van der Waals surface area contributed by atoms with E-state index >= 15 is 0 Å². The monoisotopic (exact) mass is 530 g/mol. The fourth-order valence-corrected chi connectivity index (χ4v) is 3.85. The van der Waals surface area contributed by atoms with Gasteiger partial charge in [-0.3, -0.25) is 19.2 Å². The molecular formula is C26H34N4O8. The molecule has 1 aliphatic heterocycles. The Kier molecular flexibility index (Phi) is 9.72. The highest BCUT2D eigenvalue weighted by Gasteiger charge is 2.50. The predicted octanol–water partition coefficient (Wildman–Crippen LogP) is 0.253. The Morgan fingerprint density at radius 1 is 0.974 bits per heavy atom. The first-order chi connectivity index (χ1) is 18.1. The van der Waals surface area contributed by atoms with Crippen molar-refractivity contribution >= 4 is 23.5 Å². The molecule has 0 spiro atoms. The average Bonchev–Trinajstić information content (AvgIpc) is 3.47. The van der Waals surface area contributed by atoms with Gasteiger partial charge < -0.3 is 34.7 Å². The van der Waals surface area contributed by atoms with E-state index in [9.17, 15) is 19.2 Å². The van der Waals surface area contributed by atoms with Crippen LogP contribution in [0.3, 0.4) is 0 Å². The third kappa shape index (κ3) is 7.70. The summed E-state index contributed by atoms with van der Waals surface area (Å²) >= 11 is 0. The van der Waals surface area contributed by atoms with Crippen LogP contribution in [0.15, 0.2) is 34.9 Å². The molecule has 1 saturated heterocycles. The maximum atomic E-state index is 13.3. The number of Topliss-reactive ketones (excluding diaryl/α,β-unsaturated/α-hetero) is 1. The lowest BCUT2D eigenvalue weighted by Crippen LogP contribution is -2.59. The molecule has 1 aromatic carbocycles. The lowest BCUT2D eigenvalue weighted by Gasteiger charge is -2.25. The normalized spacial score (nSPS) is 18.7. The van der Waals surface area contributed by atoms with Gasteiger partial charge in [0.1, 0.15) is 23.4 Å². The fraction of sp³-hybridized carbons (Fsp3) is 0.500. The van der Waals surface area contributed by atoms with E-state index in [4.69, 9.17) is 18.7 Å². The van der Waals surface area contributed by atoms with Gasteiger partial charge in [0.05, 0.1) is 25.9 Å². The number of benzene rings is 1. The Morgan fingerprint density at radius 3 is 2.11 bits per heavy atom. The number of aromatic nitrogens is 1. The second kappa shape index (κ2) is 12.8. The summed E-state index contributed by atoms with van der Waals surface area (Å²) in [7, 11) is 2.75. The number of nitrogens with one attached hydrogen (secondary N) is 3. The molecule has 0 radical (unpaired) electrons.